The van der Waals surface area contributed by atoms with Gasteiger partial charge in [-0.1, -0.05) is 32.1 Å². The van der Waals surface area contributed by atoms with E-state index >= 15 is 0 Å². The number of carbonyl (C=O) groups excluding carboxylic acids is 1. The summed E-state index contributed by atoms with van der Waals surface area (Å²) in [5, 5.41) is 11.5. The number of hydrogen-bond acceptors (Lipinski definition) is 3. The predicted octanol–water partition coefficient (Wildman–Crippen LogP) is 3.21. The molecule has 3 aliphatic rings. The lowest BCUT2D eigenvalue weighted by Gasteiger charge is -2.28. The van der Waals surface area contributed by atoms with E-state index in [1.54, 1.807) is 7.05 Å². The molecule has 26 heavy (non-hydrogen) atoms. The zero-order valence-electron chi connectivity index (χ0n) is 16.2. The van der Waals surface area contributed by atoms with Crippen LogP contribution in [0.25, 0.3) is 0 Å². The third-order valence-corrected chi connectivity index (χ3v) is 6.77. The Balaban J connectivity index is 1.52. The molecule has 5 nitrogen and oxygen atoms in total. The summed E-state index contributed by atoms with van der Waals surface area (Å²) in [7, 11) is 1.71. The summed E-state index contributed by atoms with van der Waals surface area (Å²) in [5.41, 5.74) is 3.22. The van der Waals surface area contributed by atoms with Crippen molar-refractivity contribution in [2.75, 3.05) is 7.05 Å². The highest BCUT2D eigenvalue weighted by atomic mass is 16.1. The van der Waals surface area contributed by atoms with Crippen LogP contribution in [0.5, 0.6) is 0 Å². The Labute approximate surface area is 157 Å². The molecule has 0 saturated heterocycles. The van der Waals surface area contributed by atoms with E-state index in [2.05, 4.69) is 15.3 Å². The second-order valence-electron chi connectivity index (χ2n) is 8.63. The van der Waals surface area contributed by atoms with Gasteiger partial charge in [-0.2, -0.15) is 5.10 Å². The third kappa shape index (κ3) is 3.83. The van der Waals surface area contributed by atoms with E-state index in [1.165, 1.54) is 75.5 Å². The summed E-state index contributed by atoms with van der Waals surface area (Å²) in [6.07, 6.45) is 15.2. The molecule has 1 aromatic heterocycles. The zero-order valence-corrected chi connectivity index (χ0v) is 16.2. The largest absolute Gasteiger partial charge is 0.354 e. The monoisotopic (exact) mass is 358 g/mol. The minimum atomic E-state index is -0.0230. The molecule has 0 radical (unpaired) electrons. The first-order valence-electron chi connectivity index (χ1n) is 10.8. The van der Waals surface area contributed by atoms with Crippen molar-refractivity contribution in [3.63, 3.8) is 0 Å². The van der Waals surface area contributed by atoms with Crippen LogP contribution in [0.1, 0.15) is 86.0 Å². The Morgan fingerprint density at radius 2 is 1.77 bits per heavy atom. The molecule has 144 valence electrons. The van der Waals surface area contributed by atoms with Crippen LogP contribution in [0.3, 0.4) is 0 Å². The molecule has 0 aromatic carbocycles. The number of hydrogen-bond donors (Lipinski definition) is 2. The van der Waals surface area contributed by atoms with Crippen molar-refractivity contribution < 1.29 is 4.79 Å². The predicted molar refractivity (Wildman–Crippen MR) is 103 cm³/mol. The van der Waals surface area contributed by atoms with Crippen molar-refractivity contribution in [3.05, 3.63) is 17.0 Å². The van der Waals surface area contributed by atoms with Gasteiger partial charge in [0.1, 0.15) is 0 Å². The first kappa shape index (κ1) is 18.0. The summed E-state index contributed by atoms with van der Waals surface area (Å²) in [6, 6.07) is 1.18. The van der Waals surface area contributed by atoms with Crippen molar-refractivity contribution in [3.8, 4) is 0 Å². The van der Waals surface area contributed by atoms with Gasteiger partial charge in [0.25, 0.3) is 5.91 Å². The van der Waals surface area contributed by atoms with Gasteiger partial charge in [0.05, 0.1) is 0 Å². The number of nitrogens with one attached hydrogen (secondary N) is 2. The van der Waals surface area contributed by atoms with E-state index in [0.29, 0.717) is 17.8 Å². The standard InChI is InChI=1S/C21H34N4O/c1-22-21(26)20-18-13-17(23-16-9-5-6-10-16)11-12-19(18)25(24-20)14-15-7-3-2-4-8-15/h15-17,23H,2-14H2,1H3,(H,22,26). The minimum Gasteiger partial charge on any atom is -0.354 e. The van der Waals surface area contributed by atoms with Gasteiger partial charge < -0.3 is 10.6 Å². The van der Waals surface area contributed by atoms with E-state index in [1.807, 2.05) is 0 Å². The molecule has 2 N–H and O–H groups in total. The SMILES string of the molecule is CNC(=O)c1nn(CC2CCCCC2)c2c1CC(NC1CCCC1)CC2. The molecule has 3 aliphatic carbocycles. The van der Waals surface area contributed by atoms with E-state index in [0.717, 1.165) is 25.3 Å². The van der Waals surface area contributed by atoms with Crippen molar-refractivity contribution >= 4 is 5.91 Å². The fourth-order valence-corrected chi connectivity index (χ4v) is 5.32. The number of carbonyl (C=O) groups is 1. The van der Waals surface area contributed by atoms with E-state index in [4.69, 9.17) is 5.10 Å². The van der Waals surface area contributed by atoms with Crippen LogP contribution in [-0.4, -0.2) is 34.8 Å². The van der Waals surface area contributed by atoms with Crippen LogP contribution in [0, 0.1) is 5.92 Å². The summed E-state index contributed by atoms with van der Waals surface area (Å²) in [4.78, 5) is 12.4. The van der Waals surface area contributed by atoms with Crippen LogP contribution in [0.2, 0.25) is 0 Å². The van der Waals surface area contributed by atoms with Gasteiger partial charge in [-0.05, 0) is 50.9 Å². The molecule has 2 fully saturated rings. The van der Waals surface area contributed by atoms with Crippen LogP contribution >= 0.6 is 0 Å². The van der Waals surface area contributed by atoms with Gasteiger partial charge in [-0.25, -0.2) is 0 Å². The van der Waals surface area contributed by atoms with Crippen molar-refractivity contribution in [2.24, 2.45) is 5.92 Å². The first-order valence-corrected chi connectivity index (χ1v) is 10.8. The molecular weight excluding hydrogens is 324 g/mol. The molecule has 1 atom stereocenters. The Morgan fingerprint density at radius 3 is 2.50 bits per heavy atom. The van der Waals surface area contributed by atoms with Crippen molar-refractivity contribution in [1.29, 1.82) is 0 Å². The first-order chi connectivity index (χ1) is 12.7. The van der Waals surface area contributed by atoms with Gasteiger partial charge in [0, 0.05) is 36.9 Å². The molecule has 1 unspecified atom stereocenters. The number of fused-ring (bicyclic) bond motifs is 1. The Morgan fingerprint density at radius 1 is 1.04 bits per heavy atom. The lowest BCUT2D eigenvalue weighted by molar-refractivity contribution is 0.0956. The third-order valence-electron chi connectivity index (χ3n) is 6.77. The summed E-state index contributed by atoms with van der Waals surface area (Å²) < 4.78 is 2.20. The van der Waals surface area contributed by atoms with E-state index < -0.39 is 0 Å². The molecule has 0 spiro atoms. The normalized spacial score (nSPS) is 24.6. The minimum absolute atomic E-state index is 0.0230. The van der Waals surface area contributed by atoms with E-state index in [-0.39, 0.29) is 5.91 Å². The summed E-state index contributed by atoms with van der Waals surface area (Å²) in [5.74, 6) is 0.713. The molecular formula is C21H34N4O. The maximum Gasteiger partial charge on any atom is 0.271 e. The van der Waals surface area contributed by atoms with Crippen LogP contribution in [-0.2, 0) is 19.4 Å². The van der Waals surface area contributed by atoms with Gasteiger partial charge in [-0.15, -0.1) is 0 Å². The van der Waals surface area contributed by atoms with Gasteiger partial charge >= 0.3 is 0 Å². The van der Waals surface area contributed by atoms with Crippen molar-refractivity contribution in [2.45, 2.75) is 95.7 Å². The van der Waals surface area contributed by atoms with Crippen LogP contribution in [0.4, 0.5) is 0 Å². The lowest BCUT2D eigenvalue weighted by Crippen LogP contribution is -2.41. The number of amides is 1. The zero-order chi connectivity index (χ0) is 17.9. The highest BCUT2D eigenvalue weighted by Crippen LogP contribution is 2.30. The Kier molecular flexibility index (Phi) is 5.63. The smallest absolute Gasteiger partial charge is 0.271 e. The maximum absolute atomic E-state index is 12.4. The second kappa shape index (κ2) is 8.12. The molecule has 5 heteroatoms. The average Bonchev–Trinajstić information content (AvgIpc) is 3.30. The Bertz CT molecular complexity index is 626. The van der Waals surface area contributed by atoms with Crippen molar-refractivity contribution in [1.82, 2.24) is 20.4 Å². The highest BCUT2D eigenvalue weighted by Gasteiger charge is 2.31. The van der Waals surface area contributed by atoms with Gasteiger partial charge in [-0.3, -0.25) is 9.48 Å². The van der Waals surface area contributed by atoms with Crippen LogP contribution in [0.15, 0.2) is 0 Å². The molecule has 0 bridgehead atoms. The molecule has 0 aliphatic heterocycles. The number of rotatable bonds is 5. The number of nitrogens with zero attached hydrogens (tertiary/aromatic N) is 2. The molecule has 1 amide bonds. The molecule has 2 saturated carbocycles. The summed E-state index contributed by atoms with van der Waals surface area (Å²) >= 11 is 0. The number of aromatic nitrogens is 2. The second-order valence-corrected chi connectivity index (χ2v) is 8.63. The highest BCUT2D eigenvalue weighted by molar-refractivity contribution is 5.93. The molecule has 1 heterocycles. The van der Waals surface area contributed by atoms with Gasteiger partial charge in [0.15, 0.2) is 5.69 Å². The Hall–Kier alpha value is -1.36. The molecule has 4 rings (SSSR count). The lowest BCUT2D eigenvalue weighted by atomic mass is 9.88. The quantitative estimate of drug-likeness (QED) is 0.850. The fraction of sp³-hybridized carbons (Fsp3) is 0.810. The van der Waals surface area contributed by atoms with Gasteiger partial charge in [0.2, 0.25) is 0 Å². The molecule has 1 aromatic rings. The van der Waals surface area contributed by atoms with Crippen LogP contribution < -0.4 is 10.6 Å². The fourth-order valence-electron chi connectivity index (χ4n) is 5.32. The summed E-state index contributed by atoms with van der Waals surface area (Å²) in [6.45, 7) is 1.00. The topological polar surface area (TPSA) is 59.0 Å². The van der Waals surface area contributed by atoms with E-state index in [9.17, 15) is 4.79 Å². The maximum atomic E-state index is 12.4. The average molecular weight is 359 g/mol.